The second-order valence-corrected chi connectivity index (χ2v) is 5.30. The van der Waals surface area contributed by atoms with Gasteiger partial charge >= 0.3 is 0 Å². The lowest BCUT2D eigenvalue weighted by Gasteiger charge is -2.23. The van der Waals surface area contributed by atoms with E-state index in [2.05, 4.69) is 34.7 Å². The molecule has 0 aliphatic carbocycles. The first-order valence-corrected chi connectivity index (χ1v) is 7.89. The van der Waals surface area contributed by atoms with Crippen molar-refractivity contribution in [1.29, 1.82) is 0 Å². The fourth-order valence-electron chi connectivity index (χ4n) is 2.05. The summed E-state index contributed by atoms with van der Waals surface area (Å²) in [5.74, 6) is 0.707. The van der Waals surface area contributed by atoms with E-state index < -0.39 is 0 Å². The summed E-state index contributed by atoms with van der Waals surface area (Å²) in [6.45, 7) is 8.54. The van der Waals surface area contributed by atoms with Crippen LogP contribution in [0.2, 0.25) is 0 Å². The second-order valence-electron chi connectivity index (χ2n) is 5.30. The van der Waals surface area contributed by atoms with Gasteiger partial charge in [-0.05, 0) is 31.4 Å². The third kappa shape index (κ3) is 6.16. The Bertz CT molecular complexity index is 499. The molecule has 0 saturated carbocycles. The first-order valence-electron chi connectivity index (χ1n) is 7.89. The fraction of sp³-hybridized carbons (Fsp3) is 0.529. The summed E-state index contributed by atoms with van der Waals surface area (Å²) in [5, 5.41) is 6.06. The predicted molar refractivity (Wildman–Crippen MR) is 91.9 cm³/mol. The van der Waals surface area contributed by atoms with E-state index in [1.807, 2.05) is 37.9 Å². The number of amides is 1. The van der Waals surface area contributed by atoms with Crippen molar-refractivity contribution in [2.75, 3.05) is 26.7 Å². The quantitative estimate of drug-likeness (QED) is 0.598. The Labute approximate surface area is 133 Å². The molecule has 5 heteroatoms. The molecule has 0 bridgehead atoms. The van der Waals surface area contributed by atoms with Crippen molar-refractivity contribution in [2.45, 2.75) is 33.7 Å². The monoisotopic (exact) mass is 304 g/mol. The van der Waals surface area contributed by atoms with Crippen molar-refractivity contribution < 1.29 is 4.79 Å². The first-order chi connectivity index (χ1) is 10.6. The minimum atomic E-state index is -0.0402. The van der Waals surface area contributed by atoms with Gasteiger partial charge in [0.05, 0.1) is 0 Å². The number of rotatable bonds is 7. The highest BCUT2D eigenvalue weighted by atomic mass is 16.1. The maximum absolute atomic E-state index is 11.7. The summed E-state index contributed by atoms with van der Waals surface area (Å²) in [6, 6.07) is 8.30. The van der Waals surface area contributed by atoms with Gasteiger partial charge in [-0.1, -0.05) is 31.2 Å². The molecule has 1 aromatic carbocycles. The Kier molecular flexibility index (Phi) is 8.04. The Morgan fingerprint density at radius 1 is 1.23 bits per heavy atom. The van der Waals surface area contributed by atoms with Crippen LogP contribution in [-0.4, -0.2) is 43.4 Å². The number of hydrogen-bond donors (Lipinski definition) is 2. The Morgan fingerprint density at radius 3 is 2.59 bits per heavy atom. The highest BCUT2D eigenvalue weighted by Gasteiger charge is 2.08. The highest BCUT2D eigenvalue weighted by Crippen LogP contribution is 2.09. The van der Waals surface area contributed by atoms with Gasteiger partial charge in [0.2, 0.25) is 5.91 Å². The molecule has 1 rings (SSSR count). The summed E-state index contributed by atoms with van der Waals surface area (Å²) in [7, 11) is 1.98. The lowest BCUT2D eigenvalue weighted by atomic mass is 10.1. The van der Waals surface area contributed by atoms with Gasteiger partial charge in [-0.3, -0.25) is 4.79 Å². The van der Waals surface area contributed by atoms with Gasteiger partial charge in [0.1, 0.15) is 6.54 Å². The molecule has 22 heavy (non-hydrogen) atoms. The molecule has 0 fully saturated rings. The van der Waals surface area contributed by atoms with Gasteiger partial charge in [0.25, 0.3) is 0 Å². The maximum Gasteiger partial charge on any atom is 0.241 e. The van der Waals surface area contributed by atoms with E-state index in [9.17, 15) is 4.79 Å². The SMILES string of the molecule is CCCNC(=O)CN=C(NCC)N(C)Cc1ccccc1C. The van der Waals surface area contributed by atoms with E-state index in [1.54, 1.807) is 0 Å². The third-order valence-electron chi connectivity index (χ3n) is 3.31. The lowest BCUT2D eigenvalue weighted by molar-refractivity contribution is -0.119. The van der Waals surface area contributed by atoms with Crippen molar-refractivity contribution in [3.05, 3.63) is 35.4 Å². The van der Waals surface area contributed by atoms with Crippen LogP contribution < -0.4 is 10.6 Å². The predicted octanol–water partition coefficient (Wildman–Crippen LogP) is 1.92. The Morgan fingerprint density at radius 2 is 1.95 bits per heavy atom. The molecule has 0 saturated heterocycles. The Hall–Kier alpha value is -2.04. The number of benzene rings is 1. The van der Waals surface area contributed by atoms with Crippen molar-refractivity contribution in [1.82, 2.24) is 15.5 Å². The number of nitrogens with zero attached hydrogens (tertiary/aromatic N) is 2. The number of hydrogen-bond acceptors (Lipinski definition) is 2. The maximum atomic E-state index is 11.7. The van der Waals surface area contributed by atoms with E-state index in [0.717, 1.165) is 25.5 Å². The van der Waals surface area contributed by atoms with Crippen LogP contribution in [0.3, 0.4) is 0 Å². The Balaban J connectivity index is 2.68. The number of aliphatic imine (C=N–C) groups is 1. The second kappa shape index (κ2) is 9.82. The van der Waals surface area contributed by atoms with Crippen molar-refractivity contribution in [3.8, 4) is 0 Å². The molecule has 1 amide bonds. The summed E-state index contributed by atoms with van der Waals surface area (Å²) >= 11 is 0. The van der Waals surface area contributed by atoms with Gasteiger partial charge < -0.3 is 15.5 Å². The molecule has 0 unspecified atom stereocenters. The van der Waals surface area contributed by atoms with Crippen molar-refractivity contribution >= 4 is 11.9 Å². The molecule has 0 heterocycles. The zero-order valence-corrected chi connectivity index (χ0v) is 14.1. The van der Waals surface area contributed by atoms with Crippen LogP contribution >= 0.6 is 0 Å². The number of carbonyl (C=O) groups is 1. The number of nitrogens with one attached hydrogen (secondary N) is 2. The average Bonchev–Trinajstić information content (AvgIpc) is 2.51. The van der Waals surface area contributed by atoms with Crippen molar-refractivity contribution in [3.63, 3.8) is 0 Å². The molecule has 0 spiro atoms. The van der Waals surface area contributed by atoms with E-state index in [0.29, 0.717) is 6.54 Å². The molecule has 122 valence electrons. The van der Waals surface area contributed by atoms with Crippen LogP contribution in [0.5, 0.6) is 0 Å². The molecule has 0 aliphatic heterocycles. The zero-order valence-electron chi connectivity index (χ0n) is 14.1. The molecular formula is C17H28N4O. The van der Waals surface area contributed by atoms with Gasteiger partial charge in [-0.25, -0.2) is 4.99 Å². The summed E-state index contributed by atoms with van der Waals surface area (Å²) < 4.78 is 0. The fourth-order valence-corrected chi connectivity index (χ4v) is 2.05. The molecule has 1 aromatic rings. The number of aryl methyl sites for hydroxylation is 1. The number of carbonyl (C=O) groups excluding carboxylic acids is 1. The largest absolute Gasteiger partial charge is 0.357 e. The van der Waals surface area contributed by atoms with Crippen LogP contribution in [-0.2, 0) is 11.3 Å². The first kappa shape index (κ1) is 18.0. The smallest absolute Gasteiger partial charge is 0.241 e. The van der Waals surface area contributed by atoms with Gasteiger partial charge in [-0.2, -0.15) is 0 Å². The topological polar surface area (TPSA) is 56.7 Å². The molecule has 2 N–H and O–H groups in total. The summed E-state index contributed by atoms with van der Waals surface area (Å²) in [6.07, 6.45) is 0.933. The molecule has 0 aromatic heterocycles. The van der Waals surface area contributed by atoms with Crippen LogP contribution in [0.25, 0.3) is 0 Å². The molecule has 0 radical (unpaired) electrons. The van der Waals surface area contributed by atoms with Crippen LogP contribution in [0.4, 0.5) is 0 Å². The number of guanidine groups is 1. The molecule has 0 aliphatic rings. The van der Waals surface area contributed by atoms with Crippen LogP contribution in [0.15, 0.2) is 29.3 Å². The lowest BCUT2D eigenvalue weighted by Crippen LogP contribution is -2.39. The normalized spacial score (nSPS) is 11.2. The van der Waals surface area contributed by atoms with Gasteiger partial charge in [0, 0.05) is 26.7 Å². The van der Waals surface area contributed by atoms with Crippen molar-refractivity contribution in [2.24, 2.45) is 4.99 Å². The van der Waals surface area contributed by atoms with E-state index >= 15 is 0 Å². The molecule has 0 atom stereocenters. The van der Waals surface area contributed by atoms with Gasteiger partial charge in [-0.15, -0.1) is 0 Å². The summed E-state index contributed by atoms with van der Waals surface area (Å²) in [4.78, 5) is 18.1. The highest BCUT2D eigenvalue weighted by molar-refractivity contribution is 5.84. The van der Waals surface area contributed by atoms with E-state index in [4.69, 9.17) is 0 Å². The summed E-state index contributed by atoms with van der Waals surface area (Å²) in [5.41, 5.74) is 2.51. The van der Waals surface area contributed by atoms with Gasteiger partial charge in [0.15, 0.2) is 5.96 Å². The zero-order chi connectivity index (χ0) is 16.4. The van der Waals surface area contributed by atoms with E-state index in [1.165, 1.54) is 11.1 Å². The van der Waals surface area contributed by atoms with Crippen LogP contribution in [0.1, 0.15) is 31.4 Å². The van der Waals surface area contributed by atoms with Crippen LogP contribution in [0, 0.1) is 6.92 Å². The molecular weight excluding hydrogens is 276 g/mol. The minimum absolute atomic E-state index is 0.0402. The standard InChI is InChI=1S/C17H28N4O/c1-5-11-19-16(22)12-20-17(18-6-2)21(4)13-15-10-8-7-9-14(15)3/h7-10H,5-6,11-13H2,1-4H3,(H,18,20)(H,19,22). The molecule has 5 nitrogen and oxygen atoms in total. The minimum Gasteiger partial charge on any atom is -0.357 e. The average molecular weight is 304 g/mol. The third-order valence-corrected chi connectivity index (χ3v) is 3.31. The van der Waals surface area contributed by atoms with E-state index in [-0.39, 0.29) is 12.5 Å².